The Hall–Kier alpha value is -2.33. The van der Waals surface area contributed by atoms with Crippen molar-refractivity contribution >= 4 is 17.5 Å². The molecule has 0 aromatic carbocycles. The Morgan fingerprint density at radius 1 is 1.36 bits per heavy atom. The Bertz CT molecular complexity index is 959. The lowest BCUT2D eigenvalue weighted by Crippen LogP contribution is -2.43. The van der Waals surface area contributed by atoms with Crippen molar-refractivity contribution in [2.75, 3.05) is 13.1 Å². The fourth-order valence-corrected chi connectivity index (χ4v) is 3.79. The third kappa shape index (κ3) is 3.42. The molecule has 2 aliphatic heterocycles. The van der Waals surface area contributed by atoms with E-state index < -0.39 is 42.6 Å². The molecule has 0 saturated carbocycles. The van der Waals surface area contributed by atoms with Crippen molar-refractivity contribution in [3.8, 4) is 0 Å². The summed E-state index contributed by atoms with van der Waals surface area (Å²) in [5.41, 5.74) is 0.0894. The zero-order chi connectivity index (χ0) is 20.1. The van der Waals surface area contributed by atoms with E-state index >= 15 is 0 Å². The lowest BCUT2D eigenvalue weighted by atomic mass is 10.0. The van der Waals surface area contributed by atoms with Crippen molar-refractivity contribution in [3.63, 3.8) is 0 Å². The van der Waals surface area contributed by atoms with Crippen molar-refractivity contribution in [1.82, 2.24) is 24.2 Å². The highest BCUT2D eigenvalue weighted by atomic mass is 35.5. The van der Waals surface area contributed by atoms with Crippen LogP contribution in [0.15, 0.2) is 23.1 Å². The number of hydrogen-bond acceptors (Lipinski definition) is 5. The van der Waals surface area contributed by atoms with E-state index in [1.165, 1.54) is 6.20 Å². The molecule has 0 aliphatic carbocycles. The molecule has 1 saturated heterocycles. The SMILES string of the molecule is O=C([C@@H]1CCC(O)c2nn(Cc3ccc(Cl)nc3)c(=O)n21)N1CCC(F)(F)C1. The first kappa shape index (κ1) is 19.0. The van der Waals surface area contributed by atoms with Gasteiger partial charge < -0.3 is 10.0 Å². The monoisotopic (exact) mass is 413 g/mol. The van der Waals surface area contributed by atoms with Crippen LogP contribution in [0.25, 0.3) is 0 Å². The van der Waals surface area contributed by atoms with Gasteiger partial charge in [-0.1, -0.05) is 17.7 Å². The minimum Gasteiger partial charge on any atom is -0.385 e. The summed E-state index contributed by atoms with van der Waals surface area (Å²) in [5, 5.41) is 14.7. The Balaban J connectivity index is 1.65. The Morgan fingerprint density at radius 3 is 2.79 bits per heavy atom. The maximum absolute atomic E-state index is 13.5. The van der Waals surface area contributed by atoms with Crippen LogP contribution in [0.1, 0.15) is 42.8 Å². The summed E-state index contributed by atoms with van der Waals surface area (Å²) in [4.78, 5) is 30.7. The highest BCUT2D eigenvalue weighted by Crippen LogP contribution is 2.33. The number of rotatable bonds is 3. The van der Waals surface area contributed by atoms with Crippen LogP contribution in [-0.4, -0.2) is 54.3 Å². The third-order valence-electron chi connectivity index (χ3n) is 5.11. The molecular weight excluding hydrogens is 396 g/mol. The highest BCUT2D eigenvalue weighted by molar-refractivity contribution is 6.29. The number of carbonyl (C=O) groups is 1. The van der Waals surface area contributed by atoms with Gasteiger partial charge in [0, 0.05) is 19.2 Å². The predicted molar refractivity (Wildman–Crippen MR) is 94.2 cm³/mol. The third-order valence-corrected chi connectivity index (χ3v) is 5.33. The van der Waals surface area contributed by atoms with Gasteiger partial charge in [-0.05, 0) is 24.5 Å². The number of carbonyl (C=O) groups excluding carboxylic acids is 1. The normalized spacial score (nSPS) is 23.6. The molecule has 0 radical (unpaired) electrons. The minimum absolute atomic E-state index is 0.0560. The minimum atomic E-state index is -2.91. The number of amides is 1. The van der Waals surface area contributed by atoms with Gasteiger partial charge in [0.25, 0.3) is 5.92 Å². The fraction of sp³-hybridized carbons (Fsp3) is 0.529. The molecule has 4 heterocycles. The molecule has 1 unspecified atom stereocenters. The first-order chi connectivity index (χ1) is 13.2. The van der Waals surface area contributed by atoms with Crippen molar-refractivity contribution in [1.29, 1.82) is 0 Å². The molecule has 1 fully saturated rings. The van der Waals surface area contributed by atoms with Crippen molar-refractivity contribution in [3.05, 3.63) is 45.4 Å². The van der Waals surface area contributed by atoms with Crippen LogP contribution in [0.5, 0.6) is 0 Å². The number of alkyl halides is 2. The van der Waals surface area contributed by atoms with Crippen LogP contribution in [0.2, 0.25) is 5.15 Å². The molecule has 11 heteroatoms. The lowest BCUT2D eigenvalue weighted by molar-refractivity contribution is -0.136. The number of halogens is 3. The van der Waals surface area contributed by atoms with E-state index in [1.54, 1.807) is 12.1 Å². The number of aliphatic hydroxyl groups excluding tert-OH is 1. The van der Waals surface area contributed by atoms with E-state index in [0.717, 1.165) is 14.1 Å². The van der Waals surface area contributed by atoms with Gasteiger partial charge in [-0.25, -0.2) is 23.2 Å². The number of hydrogen-bond donors (Lipinski definition) is 1. The lowest BCUT2D eigenvalue weighted by Gasteiger charge is -2.29. The molecule has 2 aromatic heterocycles. The molecule has 2 aromatic rings. The predicted octanol–water partition coefficient (Wildman–Crippen LogP) is 1.38. The summed E-state index contributed by atoms with van der Waals surface area (Å²) in [6, 6.07) is 2.31. The van der Waals surface area contributed by atoms with Gasteiger partial charge in [0.15, 0.2) is 5.82 Å². The maximum atomic E-state index is 13.5. The largest absolute Gasteiger partial charge is 0.385 e. The molecule has 150 valence electrons. The number of likely N-dealkylation sites (tertiary alicyclic amines) is 1. The molecule has 2 atom stereocenters. The molecule has 28 heavy (non-hydrogen) atoms. The van der Waals surface area contributed by atoms with Crippen molar-refractivity contribution < 1.29 is 18.7 Å². The van der Waals surface area contributed by atoms with E-state index in [-0.39, 0.29) is 31.8 Å². The molecule has 0 bridgehead atoms. The second-order valence-electron chi connectivity index (χ2n) is 7.13. The topological polar surface area (TPSA) is 93.2 Å². The van der Waals surface area contributed by atoms with Crippen molar-refractivity contribution in [2.24, 2.45) is 0 Å². The van der Waals surface area contributed by atoms with Crippen LogP contribution < -0.4 is 5.69 Å². The van der Waals surface area contributed by atoms with Gasteiger partial charge in [0.05, 0.1) is 13.1 Å². The summed E-state index contributed by atoms with van der Waals surface area (Å²) in [6.45, 7) is -0.627. The van der Waals surface area contributed by atoms with Crippen LogP contribution in [0.3, 0.4) is 0 Å². The molecule has 0 spiro atoms. The van der Waals surface area contributed by atoms with Gasteiger partial charge in [-0.3, -0.25) is 9.36 Å². The Labute approximate surface area is 163 Å². The Kier molecular flexibility index (Phi) is 4.70. The summed E-state index contributed by atoms with van der Waals surface area (Å²) in [6.07, 6.45) is 0.515. The smallest absolute Gasteiger partial charge is 0.347 e. The van der Waals surface area contributed by atoms with Crippen LogP contribution in [0, 0.1) is 0 Å². The van der Waals surface area contributed by atoms with Gasteiger partial charge in [0.2, 0.25) is 5.91 Å². The van der Waals surface area contributed by atoms with E-state index in [4.69, 9.17) is 11.6 Å². The summed E-state index contributed by atoms with van der Waals surface area (Å²) >= 11 is 5.76. The van der Waals surface area contributed by atoms with Gasteiger partial charge >= 0.3 is 5.69 Å². The van der Waals surface area contributed by atoms with Gasteiger partial charge in [-0.15, -0.1) is 0 Å². The van der Waals surface area contributed by atoms with Crippen LogP contribution in [-0.2, 0) is 11.3 Å². The second-order valence-corrected chi connectivity index (χ2v) is 7.52. The summed E-state index contributed by atoms with van der Waals surface area (Å²) < 4.78 is 29.3. The molecule has 8 nitrogen and oxygen atoms in total. The maximum Gasteiger partial charge on any atom is 0.347 e. The van der Waals surface area contributed by atoms with Crippen LogP contribution >= 0.6 is 11.6 Å². The molecule has 2 aliphatic rings. The molecule has 1 N–H and O–H groups in total. The van der Waals surface area contributed by atoms with Gasteiger partial charge in [-0.2, -0.15) is 5.10 Å². The van der Waals surface area contributed by atoms with E-state index in [9.17, 15) is 23.5 Å². The number of pyridine rings is 1. The van der Waals surface area contributed by atoms with E-state index in [1.807, 2.05) is 0 Å². The van der Waals surface area contributed by atoms with Gasteiger partial charge in [0.1, 0.15) is 17.3 Å². The number of fused-ring (bicyclic) bond motifs is 1. The summed E-state index contributed by atoms with van der Waals surface area (Å²) in [5.74, 6) is -3.38. The average Bonchev–Trinajstić information content (AvgIpc) is 3.18. The first-order valence-corrected chi connectivity index (χ1v) is 9.27. The average molecular weight is 414 g/mol. The number of aromatic nitrogens is 4. The zero-order valence-corrected chi connectivity index (χ0v) is 15.5. The Morgan fingerprint density at radius 2 is 2.14 bits per heavy atom. The van der Waals surface area contributed by atoms with E-state index in [0.29, 0.717) is 10.7 Å². The van der Waals surface area contributed by atoms with Crippen molar-refractivity contribution in [2.45, 2.75) is 43.9 Å². The fourth-order valence-electron chi connectivity index (χ4n) is 3.68. The van der Waals surface area contributed by atoms with E-state index in [2.05, 4.69) is 10.1 Å². The standard InChI is InChI=1S/C17H18ClF2N5O3/c18-13-4-1-10(7-21-13)8-24-16(28)25-11(2-3-12(26)14(25)22-24)15(27)23-6-5-17(19,20)9-23/h1,4,7,11-12,26H,2-3,5-6,8-9H2/t11-,12?/m0/s1. The van der Waals surface area contributed by atoms with Crippen LogP contribution in [0.4, 0.5) is 8.78 Å². The quantitative estimate of drug-likeness (QED) is 0.767. The zero-order valence-electron chi connectivity index (χ0n) is 14.8. The number of nitrogens with zero attached hydrogens (tertiary/aromatic N) is 5. The molecule has 4 rings (SSSR count). The first-order valence-electron chi connectivity index (χ1n) is 8.89. The molecular formula is C17H18ClF2N5O3. The number of aliphatic hydroxyl groups is 1. The second kappa shape index (κ2) is 6.93. The summed E-state index contributed by atoms with van der Waals surface area (Å²) in [7, 11) is 0. The molecule has 1 amide bonds. The highest BCUT2D eigenvalue weighted by Gasteiger charge is 2.44.